The van der Waals surface area contributed by atoms with Crippen molar-refractivity contribution in [2.75, 3.05) is 0 Å². The Hall–Kier alpha value is -2.22. The number of allylic oxidation sites excluding steroid dienone is 3. The van der Waals surface area contributed by atoms with Gasteiger partial charge in [-0.05, 0) is 112 Å². The summed E-state index contributed by atoms with van der Waals surface area (Å²) in [5.74, 6) is 2.27. The summed E-state index contributed by atoms with van der Waals surface area (Å²) < 4.78 is 29.9. The van der Waals surface area contributed by atoms with Crippen molar-refractivity contribution in [2.24, 2.45) is 17.8 Å². The molecule has 2 aromatic rings. The van der Waals surface area contributed by atoms with E-state index < -0.39 is 0 Å². The van der Waals surface area contributed by atoms with Crippen LogP contribution in [-0.2, 0) is 6.42 Å². The number of hydrogen-bond acceptors (Lipinski definition) is 0. The fraction of sp³-hybridized carbons (Fsp3) is 0.484. The molecule has 0 amide bonds. The van der Waals surface area contributed by atoms with E-state index in [1.807, 2.05) is 31.2 Å². The molecule has 4 rings (SSSR count). The van der Waals surface area contributed by atoms with Gasteiger partial charge in [-0.1, -0.05) is 48.9 Å². The van der Waals surface area contributed by atoms with Gasteiger partial charge in [0.1, 0.15) is 11.6 Å². The maximum atomic E-state index is 15.1. The lowest BCUT2D eigenvalue weighted by Crippen LogP contribution is -2.30. The second kappa shape index (κ2) is 11.3. The Balaban J connectivity index is 1.42. The quantitative estimate of drug-likeness (QED) is 0.353. The minimum absolute atomic E-state index is 0.302. The lowest BCUT2D eigenvalue weighted by molar-refractivity contribution is 0.115. The van der Waals surface area contributed by atoms with Crippen LogP contribution in [0, 0.1) is 29.4 Å². The Kier molecular flexibility index (Phi) is 8.17. The summed E-state index contributed by atoms with van der Waals surface area (Å²) in [6.45, 7) is 5.86. The van der Waals surface area contributed by atoms with Gasteiger partial charge in [-0.25, -0.2) is 8.78 Å². The molecule has 2 aromatic carbocycles. The molecule has 2 saturated carbocycles. The first kappa shape index (κ1) is 23.9. The van der Waals surface area contributed by atoms with Gasteiger partial charge in [0.15, 0.2) is 0 Å². The van der Waals surface area contributed by atoms with Crippen molar-refractivity contribution in [1.29, 1.82) is 0 Å². The highest BCUT2D eigenvalue weighted by Crippen LogP contribution is 2.48. The van der Waals surface area contributed by atoms with E-state index >= 15 is 4.39 Å². The van der Waals surface area contributed by atoms with Crippen LogP contribution >= 0.6 is 0 Å². The Labute approximate surface area is 198 Å². The first-order valence-corrected chi connectivity index (χ1v) is 12.9. The molecule has 2 aliphatic carbocycles. The van der Waals surface area contributed by atoms with Gasteiger partial charge in [0, 0.05) is 11.1 Å². The lowest BCUT2D eigenvalue weighted by Gasteiger charge is -2.42. The summed E-state index contributed by atoms with van der Waals surface area (Å²) >= 11 is 0. The van der Waals surface area contributed by atoms with Crippen LogP contribution < -0.4 is 0 Å². The summed E-state index contributed by atoms with van der Waals surface area (Å²) in [7, 11) is 0. The lowest BCUT2D eigenvalue weighted by atomic mass is 9.63. The minimum Gasteiger partial charge on any atom is -0.206 e. The van der Waals surface area contributed by atoms with E-state index in [9.17, 15) is 4.39 Å². The van der Waals surface area contributed by atoms with Crippen LogP contribution in [-0.4, -0.2) is 0 Å². The number of halogens is 2. The van der Waals surface area contributed by atoms with Crippen molar-refractivity contribution in [3.63, 3.8) is 0 Å². The molecule has 4 atom stereocenters. The number of benzene rings is 2. The third-order valence-corrected chi connectivity index (χ3v) is 8.12. The molecule has 33 heavy (non-hydrogen) atoms. The summed E-state index contributed by atoms with van der Waals surface area (Å²) in [4.78, 5) is 0. The summed E-state index contributed by atoms with van der Waals surface area (Å²) in [6, 6.07) is 10.7. The number of fused-ring (bicyclic) bond motifs is 1. The van der Waals surface area contributed by atoms with Crippen molar-refractivity contribution in [2.45, 2.75) is 77.0 Å². The highest BCUT2D eigenvalue weighted by atomic mass is 19.1. The molecule has 0 nitrogen and oxygen atoms in total. The Morgan fingerprint density at radius 1 is 0.879 bits per heavy atom. The molecule has 0 saturated heterocycles. The Morgan fingerprint density at radius 2 is 1.61 bits per heavy atom. The summed E-state index contributed by atoms with van der Waals surface area (Å²) in [5, 5.41) is 0. The number of aryl methyl sites for hydroxylation is 1. The highest BCUT2D eigenvalue weighted by Gasteiger charge is 2.35. The van der Waals surface area contributed by atoms with Gasteiger partial charge in [0.25, 0.3) is 0 Å². The first-order chi connectivity index (χ1) is 16.1. The normalized spacial score (nSPS) is 25.2. The molecule has 4 unspecified atom stereocenters. The molecule has 0 N–H and O–H groups in total. The van der Waals surface area contributed by atoms with Crippen LogP contribution in [0.25, 0.3) is 11.1 Å². The second-order valence-corrected chi connectivity index (χ2v) is 10.2. The van der Waals surface area contributed by atoms with E-state index in [1.54, 1.807) is 24.3 Å². The monoisotopic (exact) mass is 448 g/mol. The van der Waals surface area contributed by atoms with E-state index in [-0.39, 0.29) is 11.6 Å². The molecule has 2 aliphatic rings. The van der Waals surface area contributed by atoms with E-state index in [4.69, 9.17) is 0 Å². The van der Waals surface area contributed by atoms with Crippen LogP contribution in [0.5, 0.6) is 0 Å². The van der Waals surface area contributed by atoms with Crippen LogP contribution in [0.1, 0.15) is 81.8 Å². The van der Waals surface area contributed by atoms with Gasteiger partial charge in [0.2, 0.25) is 0 Å². The largest absolute Gasteiger partial charge is 0.206 e. The molecular weight excluding hydrogens is 410 g/mol. The van der Waals surface area contributed by atoms with Crippen LogP contribution in [0.2, 0.25) is 0 Å². The van der Waals surface area contributed by atoms with Crippen LogP contribution in [0.15, 0.2) is 61.2 Å². The van der Waals surface area contributed by atoms with Gasteiger partial charge >= 0.3 is 0 Å². The average Bonchev–Trinajstić information content (AvgIpc) is 2.83. The molecule has 0 aliphatic heterocycles. The van der Waals surface area contributed by atoms with Crippen molar-refractivity contribution < 1.29 is 8.78 Å². The van der Waals surface area contributed by atoms with E-state index in [2.05, 4.69) is 12.7 Å². The summed E-state index contributed by atoms with van der Waals surface area (Å²) in [6.07, 6.45) is 17.8. The fourth-order valence-electron chi connectivity index (χ4n) is 6.26. The highest BCUT2D eigenvalue weighted by molar-refractivity contribution is 5.65. The number of hydrogen-bond donors (Lipinski definition) is 0. The SMILES string of the molecule is C=CCCC1CCC2CC(c3ccc(-c4ccc(CC/C=C/C)cc4F)c(F)c3)CCC2C1. The van der Waals surface area contributed by atoms with Crippen molar-refractivity contribution in [3.05, 3.63) is 84.0 Å². The van der Waals surface area contributed by atoms with Gasteiger partial charge in [-0.2, -0.15) is 0 Å². The van der Waals surface area contributed by atoms with Crippen LogP contribution in [0.4, 0.5) is 8.78 Å². The first-order valence-electron chi connectivity index (χ1n) is 12.9. The molecule has 0 spiro atoms. The van der Waals surface area contributed by atoms with Crippen molar-refractivity contribution in [3.8, 4) is 11.1 Å². The maximum Gasteiger partial charge on any atom is 0.131 e. The molecule has 0 radical (unpaired) electrons. The van der Waals surface area contributed by atoms with Crippen LogP contribution in [0.3, 0.4) is 0 Å². The molecule has 0 heterocycles. The molecular formula is C31H38F2. The third kappa shape index (κ3) is 5.83. The van der Waals surface area contributed by atoms with E-state index in [1.165, 1.54) is 38.5 Å². The average molecular weight is 449 g/mol. The molecule has 0 aromatic heterocycles. The predicted octanol–water partition coefficient (Wildman–Crippen LogP) is 9.41. The number of rotatable bonds is 8. The zero-order valence-electron chi connectivity index (χ0n) is 20.0. The molecule has 2 heteroatoms. The van der Waals surface area contributed by atoms with Crippen molar-refractivity contribution >= 4 is 0 Å². The van der Waals surface area contributed by atoms with Gasteiger partial charge in [0.05, 0.1) is 0 Å². The standard InChI is InChI=1S/C31H38F2/c1-3-5-7-9-23-11-16-28(30(32)19-23)29-17-15-27(21-31(29)33)26-14-13-24-18-22(8-6-4-2)10-12-25(24)20-26/h3-5,11,15-17,19,21-22,24-26H,2,6-10,12-14,18,20H2,1H3/b5-3+. The Bertz CT molecular complexity index is 973. The van der Waals surface area contributed by atoms with Gasteiger partial charge < -0.3 is 0 Å². The fourth-order valence-corrected chi connectivity index (χ4v) is 6.26. The minimum atomic E-state index is -0.339. The third-order valence-electron chi connectivity index (χ3n) is 8.12. The zero-order valence-corrected chi connectivity index (χ0v) is 20.0. The topological polar surface area (TPSA) is 0 Å². The van der Waals surface area contributed by atoms with Crippen molar-refractivity contribution in [1.82, 2.24) is 0 Å². The molecule has 176 valence electrons. The second-order valence-electron chi connectivity index (χ2n) is 10.2. The molecule has 0 bridgehead atoms. The smallest absolute Gasteiger partial charge is 0.131 e. The van der Waals surface area contributed by atoms with Gasteiger partial charge in [-0.3, -0.25) is 0 Å². The Morgan fingerprint density at radius 3 is 2.33 bits per heavy atom. The van der Waals surface area contributed by atoms with E-state index in [0.717, 1.165) is 54.6 Å². The maximum absolute atomic E-state index is 15.1. The van der Waals surface area contributed by atoms with Gasteiger partial charge in [-0.15, -0.1) is 6.58 Å². The van der Waals surface area contributed by atoms with E-state index in [0.29, 0.717) is 17.0 Å². The molecule has 2 fully saturated rings. The zero-order chi connectivity index (χ0) is 23.2. The summed E-state index contributed by atoms with van der Waals surface area (Å²) in [5.41, 5.74) is 2.76. The predicted molar refractivity (Wildman–Crippen MR) is 135 cm³/mol.